The Labute approximate surface area is 187 Å². The van der Waals surface area contributed by atoms with Crippen LogP contribution in [-0.4, -0.2) is 43.2 Å². The van der Waals surface area contributed by atoms with Gasteiger partial charge in [-0.3, -0.25) is 9.69 Å². The first kappa shape index (κ1) is 21.9. The molecule has 0 aliphatic heterocycles. The van der Waals surface area contributed by atoms with E-state index in [-0.39, 0.29) is 16.8 Å². The number of carbonyl (C=O) groups excluding carboxylic acids is 1. The monoisotopic (exact) mass is 457 g/mol. The van der Waals surface area contributed by atoms with Gasteiger partial charge in [0, 0.05) is 25.2 Å². The van der Waals surface area contributed by atoms with Crippen molar-refractivity contribution in [3.63, 3.8) is 0 Å². The van der Waals surface area contributed by atoms with Gasteiger partial charge in [0.05, 0.1) is 15.1 Å². The number of thiazole rings is 1. The lowest BCUT2D eigenvalue weighted by molar-refractivity contribution is 0.0988. The van der Waals surface area contributed by atoms with Crippen LogP contribution in [0.5, 0.6) is 0 Å². The van der Waals surface area contributed by atoms with E-state index in [0.717, 1.165) is 42.3 Å². The summed E-state index contributed by atoms with van der Waals surface area (Å²) in [5, 5.41) is 0.612. The molecule has 0 atom stereocenters. The predicted molar refractivity (Wildman–Crippen MR) is 125 cm³/mol. The SMILES string of the molecule is CCN(C(=O)c1cccc(S(=O)(=O)N(C)C2CCCCC2)c1)c1nc2ccccc2s1. The quantitative estimate of drug-likeness (QED) is 0.527. The zero-order valence-electron chi connectivity index (χ0n) is 17.8. The lowest BCUT2D eigenvalue weighted by Gasteiger charge is -2.30. The summed E-state index contributed by atoms with van der Waals surface area (Å²) in [6.07, 6.45) is 5.03. The number of hydrogen-bond acceptors (Lipinski definition) is 5. The van der Waals surface area contributed by atoms with Crippen molar-refractivity contribution in [3.05, 3.63) is 54.1 Å². The maximum Gasteiger partial charge on any atom is 0.260 e. The van der Waals surface area contributed by atoms with Crippen molar-refractivity contribution in [2.45, 2.75) is 50.0 Å². The lowest BCUT2D eigenvalue weighted by atomic mass is 9.96. The van der Waals surface area contributed by atoms with E-state index in [1.807, 2.05) is 31.2 Å². The summed E-state index contributed by atoms with van der Waals surface area (Å²) in [4.78, 5) is 19.6. The van der Waals surface area contributed by atoms with Crippen LogP contribution in [0.2, 0.25) is 0 Å². The maximum atomic E-state index is 13.3. The van der Waals surface area contributed by atoms with E-state index in [9.17, 15) is 13.2 Å². The molecule has 1 aliphatic carbocycles. The van der Waals surface area contributed by atoms with Gasteiger partial charge in [-0.25, -0.2) is 13.4 Å². The zero-order valence-corrected chi connectivity index (χ0v) is 19.5. The van der Waals surface area contributed by atoms with Crippen LogP contribution in [0, 0.1) is 0 Å². The summed E-state index contributed by atoms with van der Waals surface area (Å²) in [6, 6.07) is 14.1. The van der Waals surface area contributed by atoms with Crippen molar-refractivity contribution >= 4 is 42.6 Å². The molecule has 1 amide bonds. The molecule has 0 N–H and O–H groups in total. The van der Waals surface area contributed by atoms with Crippen molar-refractivity contribution < 1.29 is 13.2 Å². The maximum absolute atomic E-state index is 13.3. The largest absolute Gasteiger partial charge is 0.284 e. The van der Waals surface area contributed by atoms with Gasteiger partial charge in [0.25, 0.3) is 5.91 Å². The number of amides is 1. The molecule has 0 radical (unpaired) electrons. The number of hydrogen-bond donors (Lipinski definition) is 0. The number of para-hydroxylation sites is 1. The fraction of sp³-hybridized carbons (Fsp3) is 0.391. The molecule has 2 aromatic carbocycles. The van der Waals surface area contributed by atoms with Crippen LogP contribution in [0.4, 0.5) is 5.13 Å². The molecular weight excluding hydrogens is 430 g/mol. The molecule has 164 valence electrons. The second-order valence-corrected chi connectivity index (χ2v) is 10.9. The average molecular weight is 458 g/mol. The van der Waals surface area contributed by atoms with Gasteiger partial charge in [-0.05, 0) is 50.1 Å². The Hall–Kier alpha value is -2.29. The third-order valence-electron chi connectivity index (χ3n) is 5.92. The van der Waals surface area contributed by atoms with Crippen LogP contribution in [0.3, 0.4) is 0 Å². The van der Waals surface area contributed by atoms with Gasteiger partial charge < -0.3 is 0 Å². The third-order valence-corrected chi connectivity index (χ3v) is 8.89. The first-order valence-corrected chi connectivity index (χ1v) is 12.9. The van der Waals surface area contributed by atoms with E-state index in [0.29, 0.717) is 17.2 Å². The Morgan fingerprint density at radius 2 is 1.84 bits per heavy atom. The molecule has 1 aromatic heterocycles. The van der Waals surface area contributed by atoms with E-state index in [4.69, 9.17) is 0 Å². The number of fused-ring (bicyclic) bond motifs is 1. The standard InChI is InChI=1S/C23H27N3O3S2/c1-3-26(23-24-20-14-7-8-15-21(20)30-23)22(27)17-10-9-13-19(16-17)31(28,29)25(2)18-11-5-4-6-12-18/h7-10,13-16,18H,3-6,11-12H2,1-2H3. The fourth-order valence-electron chi connectivity index (χ4n) is 4.09. The summed E-state index contributed by atoms with van der Waals surface area (Å²) >= 11 is 1.45. The Bertz CT molecular complexity index is 1150. The fourth-order valence-corrected chi connectivity index (χ4v) is 6.58. The predicted octanol–water partition coefficient (Wildman–Crippen LogP) is 4.92. The molecule has 1 aliphatic rings. The third kappa shape index (κ3) is 4.37. The number of aromatic nitrogens is 1. The van der Waals surface area contributed by atoms with E-state index >= 15 is 0 Å². The van der Waals surface area contributed by atoms with Crippen LogP contribution in [0.15, 0.2) is 53.4 Å². The Morgan fingerprint density at radius 3 is 2.55 bits per heavy atom. The molecule has 0 bridgehead atoms. The smallest absolute Gasteiger partial charge is 0.260 e. The van der Waals surface area contributed by atoms with Crippen molar-refractivity contribution in [2.75, 3.05) is 18.5 Å². The van der Waals surface area contributed by atoms with Crippen LogP contribution in [0.1, 0.15) is 49.4 Å². The van der Waals surface area contributed by atoms with Gasteiger partial charge in [0.1, 0.15) is 0 Å². The molecule has 3 aromatic rings. The molecule has 1 fully saturated rings. The summed E-state index contributed by atoms with van der Waals surface area (Å²) < 4.78 is 28.9. The molecular formula is C23H27N3O3S2. The average Bonchev–Trinajstić information content (AvgIpc) is 3.23. The first-order chi connectivity index (χ1) is 14.9. The summed E-state index contributed by atoms with van der Waals surface area (Å²) in [7, 11) is -2.01. The number of carbonyl (C=O) groups is 1. The van der Waals surface area contributed by atoms with Gasteiger partial charge in [0.2, 0.25) is 10.0 Å². The van der Waals surface area contributed by atoms with E-state index in [1.165, 1.54) is 21.7 Å². The molecule has 0 spiro atoms. The van der Waals surface area contributed by atoms with E-state index in [1.54, 1.807) is 30.1 Å². The van der Waals surface area contributed by atoms with Crippen molar-refractivity contribution in [2.24, 2.45) is 0 Å². The highest BCUT2D eigenvalue weighted by Crippen LogP contribution is 2.30. The highest BCUT2D eigenvalue weighted by atomic mass is 32.2. The molecule has 0 unspecified atom stereocenters. The second-order valence-electron chi connectivity index (χ2n) is 7.85. The molecule has 4 rings (SSSR count). The van der Waals surface area contributed by atoms with E-state index < -0.39 is 10.0 Å². The number of anilines is 1. The van der Waals surface area contributed by atoms with Crippen LogP contribution in [0.25, 0.3) is 10.2 Å². The van der Waals surface area contributed by atoms with Crippen molar-refractivity contribution in [1.29, 1.82) is 0 Å². The van der Waals surface area contributed by atoms with Gasteiger partial charge >= 0.3 is 0 Å². The number of rotatable bonds is 6. The Kier molecular flexibility index (Phi) is 6.41. The first-order valence-electron chi connectivity index (χ1n) is 10.7. The van der Waals surface area contributed by atoms with Gasteiger partial charge in [-0.1, -0.05) is 48.8 Å². The zero-order chi connectivity index (χ0) is 22.0. The molecule has 6 nitrogen and oxygen atoms in total. The van der Waals surface area contributed by atoms with E-state index in [2.05, 4.69) is 4.98 Å². The molecule has 1 saturated carbocycles. The summed E-state index contributed by atoms with van der Waals surface area (Å²) in [6.45, 7) is 2.33. The Balaban J connectivity index is 1.62. The lowest BCUT2D eigenvalue weighted by Crippen LogP contribution is -2.38. The summed E-state index contributed by atoms with van der Waals surface area (Å²) in [5.41, 5.74) is 1.19. The highest BCUT2D eigenvalue weighted by molar-refractivity contribution is 7.89. The molecule has 0 saturated heterocycles. The number of benzene rings is 2. The normalized spacial score (nSPS) is 15.5. The van der Waals surface area contributed by atoms with Crippen LogP contribution in [-0.2, 0) is 10.0 Å². The van der Waals surface area contributed by atoms with Crippen LogP contribution >= 0.6 is 11.3 Å². The minimum atomic E-state index is -3.66. The van der Waals surface area contributed by atoms with Gasteiger partial charge in [-0.15, -0.1) is 0 Å². The molecule has 8 heteroatoms. The van der Waals surface area contributed by atoms with Gasteiger partial charge in [-0.2, -0.15) is 4.31 Å². The molecule has 1 heterocycles. The minimum Gasteiger partial charge on any atom is -0.284 e. The van der Waals surface area contributed by atoms with Crippen LogP contribution < -0.4 is 4.90 Å². The second kappa shape index (κ2) is 9.06. The van der Waals surface area contributed by atoms with Gasteiger partial charge in [0.15, 0.2) is 5.13 Å². The topological polar surface area (TPSA) is 70.6 Å². The van der Waals surface area contributed by atoms with Crippen molar-refractivity contribution in [3.8, 4) is 0 Å². The van der Waals surface area contributed by atoms with Crippen molar-refractivity contribution in [1.82, 2.24) is 9.29 Å². The highest BCUT2D eigenvalue weighted by Gasteiger charge is 2.30. The minimum absolute atomic E-state index is 0.0213. The molecule has 31 heavy (non-hydrogen) atoms. The number of nitrogens with zero attached hydrogens (tertiary/aromatic N) is 3. The number of sulfonamides is 1. The Morgan fingerprint density at radius 1 is 1.10 bits per heavy atom. The summed E-state index contributed by atoms with van der Waals surface area (Å²) in [5.74, 6) is -0.251.